The number of anilines is 1. The van der Waals surface area contributed by atoms with Gasteiger partial charge >= 0.3 is 6.03 Å². The number of hydrogen-bond donors (Lipinski definition) is 1. The third-order valence-corrected chi connectivity index (χ3v) is 5.46. The van der Waals surface area contributed by atoms with Crippen molar-refractivity contribution < 1.29 is 4.79 Å². The Morgan fingerprint density at radius 2 is 1.76 bits per heavy atom. The minimum absolute atomic E-state index is 0.0227. The molecule has 29 heavy (non-hydrogen) atoms. The lowest BCUT2D eigenvalue weighted by Crippen LogP contribution is -2.52. The van der Waals surface area contributed by atoms with Crippen LogP contribution in [-0.4, -0.2) is 56.9 Å². The molecular weight excluding hydrogens is 366 g/mol. The van der Waals surface area contributed by atoms with Crippen molar-refractivity contribution in [2.45, 2.75) is 26.8 Å². The lowest BCUT2D eigenvalue weighted by molar-refractivity contribution is 0.191. The second-order valence-electron chi connectivity index (χ2n) is 7.77. The Morgan fingerprint density at radius 1 is 1.07 bits per heavy atom. The van der Waals surface area contributed by atoms with Gasteiger partial charge in [0.05, 0.1) is 17.6 Å². The van der Waals surface area contributed by atoms with Crippen molar-refractivity contribution in [2.24, 2.45) is 7.05 Å². The van der Waals surface area contributed by atoms with Crippen molar-refractivity contribution in [3.05, 3.63) is 47.4 Å². The van der Waals surface area contributed by atoms with Crippen LogP contribution in [0.15, 0.2) is 30.7 Å². The average molecular weight is 393 g/mol. The fourth-order valence-corrected chi connectivity index (χ4v) is 3.94. The van der Waals surface area contributed by atoms with E-state index in [1.54, 1.807) is 17.2 Å². The summed E-state index contributed by atoms with van der Waals surface area (Å²) in [6.45, 7) is 8.95. The number of amides is 2. The summed E-state index contributed by atoms with van der Waals surface area (Å²) < 4.78 is 1.75. The van der Waals surface area contributed by atoms with Gasteiger partial charge < -0.3 is 15.1 Å². The van der Waals surface area contributed by atoms with E-state index >= 15 is 0 Å². The van der Waals surface area contributed by atoms with Crippen LogP contribution < -0.4 is 10.2 Å². The highest BCUT2D eigenvalue weighted by Gasteiger charge is 2.24. The van der Waals surface area contributed by atoms with E-state index in [-0.39, 0.29) is 12.1 Å². The van der Waals surface area contributed by atoms with Crippen LogP contribution in [0.1, 0.15) is 29.7 Å². The first-order valence-electron chi connectivity index (χ1n) is 9.93. The van der Waals surface area contributed by atoms with Crippen molar-refractivity contribution in [2.75, 3.05) is 31.1 Å². The van der Waals surface area contributed by atoms with Crippen molar-refractivity contribution >= 4 is 22.9 Å². The number of nitrogens with one attached hydrogen (secondary N) is 1. The number of carbonyl (C=O) groups excluding carboxylic acids is 1. The highest BCUT2D eigenvalue weighted by atomic mass is 16.2. The van der Waals surface area contributed by atoms with Gasteiger partial charge in [-0.15, -0.1) is 0 Å². The summed E-state index contributed by atoms with van der Waals surface area (Å²) in [4.78, 5) is 25.6. The molecule has 3 aromatic rings. The number of benzene rings is 1. The molecule has 1 saturated heterocycles. The maximum absolute atomic E-state index is 12.8. The standard InChI is InChI=1S/C21H27N7O/c1-14-9-15(2)11-17(10-14)16(3)25-21(29)28-7-5-27(6-8-28)20-18-12-24-26(4)19(18)22-13-23-20/h9-13,16H,5-8H2,1-4H3,(H,25,29). The normalized spacial score (nSPS) is 15.6. The molecule has 1 aliphatic rings. The summed E-state index contributed by atoms with van der Waals surface area (Å²) >= 11 is 0. The van der Waals surface area contributed by atoms with Crippen molar-refractivity contribution in [1.82, 2.24) is 30.0 Å². The van der Waals surface area contributed by atoms with Gasteiger partial charge in [0.1, 0.15) is 12.1 Å². The predicted molar refractivity (Wildman–Crippen MR) is 113 cm³/mol. The quantitative estimate of drug-likeness (QED) is 0.740. The number of hydrogen-bond acceptors (Lipinski definition) is 5. The van der Waals surface area contributed by atoms with Crippen molar-refractivity contribution in [3.8, 4) is 0 Å². The van der Waals surface area contributed by atoms with E-state index in [9.17, 15) is 4.79 Å². The zero-order valence-electron chi connectivity index (χ0n) is 17.4. The monoisotopic (exact) mass is 393 g/mol. The van der Waals surface area contributed by atoms with Crippen LogP contribution in [-0.2, 0) is 7.05 Å². The summed E-state index contributed by atoms with van der Waals surface area (Å²) in [7, 11) is 1.87. The maximum Gasteiger partial charge on any atom is 0.317 e. The summed E-state index contributed by atoms with van der Waals surface area (Å²) in [6, 6.07) is 6.35. The Bertz CT molecular complexity index is 1020. The first kappa shape index (κ1) is 19.2. The number of fused-ring (bicyclic) bond motifs is 1. The lowest BCUT2D eigenvalue weighted by atomic mass is 10.0. The molecule has 3 heterocycles. The summed E-state index contributed by atoms with van der Waals surface area (Å²) in [6.07, 6.45) is 3.37. The second kappa shape index (κ2) is 7.69. The Morgan fingerprint density at radius 3 is 2.45 bits per heavy atom. The van der Waals surface area contributed by atoms with Gasteiger partial charge in [-0.2, -0.15) is 5.10 Å². The second-order valence-corrected chi connectivity index (χ2v) is 7.77. The number of urea groups is 1. The van der Waals surface area contributed by atoms with Crippen LogP contribution in [0.5, 0.6) is 0 Å². The molecule has 0 spiro atoms. The molecule has 152 valence electrons. The Hall–Kier alpha value is -3.16. The van der Waals surface area contributed by atoms with Gasteiger partial charge in [-0.1, -0.05) is 29.3 Å². The molecule has 4 rings (SSSR count). The van der Waals surface area contributed by atoms with Gasteiger partial charge in [-0.05, 0) is 26.3 Å². The van der Waals surface area contributed by atoms with Crippen LogP contribution in [0.2, 0.25) is 0 Å². The number of carbonyl (C=O) groups is 1. The number of nitrogens with zero attached hydrogens (tertiary/aromatic N) is 6. The fraction of sp³-hybridized carbons (Fsp3) is 0.429. The molecule has 1 N–H and O–H groups in total. The predicted octanol–water partition coefficient (Wildman–Crippen LogP) is 2.57. The molecule has 8 heteroatoms. The molecule has 1 fully saturated rings. The zero-order chi connectivity index (χ0) is 20.5. The van der Waals surface area contributed by atoms with E-state index in [0.29, 0.717) is 13.1 Å². The van der Waals surface area contributed by atoms with E-state index in [0.717, 1.165) is 35.5 Å². The average Bonchev–Trinajstić information content (AvgIpc) is 3.08. The SMILES string of the molecule is Cc1cc(C)cc(C(C)NC(=O)N2CCN(c3ncnc4c3cnn4C)CC2)c1. The third kappa shape index (κ3) is 3.87. The van der Waals surface area contributed by atoms with Gasteiger partial charge in [0.15, 0.2) is 5.65 Å². The highest BCUT2D eigenvalue weighted by Crippen LogP contribution is 2.23. The van der Waals surface area contributed by atoms with Crippen LogP contribution in [0.25, 0.3) is 11.0 Å². The summed E-state index contributed by atoms with van der Waals surface area (Å²) in [5, 5.41) is 8.36. The number of rotatable bonds is 3. The first-order valence-corrected chi connectivity index (χ1v) is 9.93. The molecule has 2 amide bonds. The minimum Gasteiger partial charge on any atom is -0.352 e. The van der Waals surface area contributed by atoms with E-state index in [1.807, 2.05) is 18.9 Å². The van der Waals surface area contributed by atoms with Crippen molar-refractivity contribution in [3.63, 3.8) is 0 Å². The molecule has 8 nitrogen and oxygen atoms in total. The number of aryl methyl sites for hydroxylation is 3. The fourth-order valence-electron chi connectivity index (χ4n) is 3.94. The van der Waals surface area contributed by atoms with Gasteiger partial charge in [0, 0.05) is 33.2 Å². The van der Waals surface area contributed by atoms with Gasteiger partial charge in [0.2, 0.25) is 0 Å². The van der Waals surface area contributed by atoms with Gasteiger partial charge in [0.25, 0.3) is 0 Å². The zero-order valence-corrected chi connectivity index (χ0v) is 17.4. The highest BCUT2D eigenvalue weighted by molar-refractivity contribution is 5.86. The number of aromatic nitrogens is 4. The molecule has 1 unspecified atom stereocenters. The van der Waals surface area contributed by atoms with Gasteiger partial charge in [-0.25, -0.2) is 14.8 Å². The molecule has 0 bridgehead atoms. The molecular formula is C21H27N7O. The first-order chi connectivity index (χ1) is 13.9. The van der Waals surface area contributed by atoms with Crippen LogP contribution in [0.3, 0.4) is 0 Å². The smallest absolute Gasteiger partial charge is 0.317 e. The Balaban J connectivity index is 1.39. The third-order valence-electron chi connectivity index (χ3n) is 5.46. The van der Waals surface area contributed by atoms with Crippen molar-refractivity contribution in [1.29, 1.82) is 0 Å². The minimum atomic E-state index is -0.0315. The lowest BCUT2D eigenvalue weighted by Gasteiger charge is -2.36. The Labute approximate surface area is 170 Å². The topological polar surface area (TPSA) is 79.2 Å². The van der Waals surface area contributed by atoms with E-state index in [4.69, 9.17) is 0 Å². The summed E-state index contributed by atoms with van der Waals surface area (Å²) in [5.74, 6) is 0.881. The van der Waals surface area contributed by atoms with E-state index < -0.39 is 0 Å². The molecule has 0 saturated carbocycles. The molecule has 1 aromatic carbocycles. The molecule has 2 aromatic heterocycles. The molecule has 0 radical (unpaired) electrons. The van der Waals surface area contributed by atoms with Crippen LogP contribution >= 0.6 is 0 Å². The van der Waals surface area contributed by atoms with Crippen LogP contribution in [0, 0.1) is 13.8 Å². The largest absolute Gasteiger partial charge is 0.352 e. The number of piperazine rings is 1. The maximum atomic E-state index is 12.8. The Kier molecular flexibility index (Phi) is 5.08. The molecule has 0 aliphatic carbocycles. The van der Waals surface area contributed by atoms with Gasteiger partial charge in [-0.3, -0.25) is 4.68 Å². The molecule has 1 aliphatic heterocycles. The van der Waals surface area contributed by atoms with Crippen LogP contribution in [0.4, 0.5) is 10.6 Å². The van der Waals surface area contributed by atoms with E-state index in [2.05, 4.69) is 57.3 Å². The summed E-state index contributed by atoms with van der Waals surface area (Å²) in [5.41, 5.74) is 4.37. The van der Waals surface area contributed by atoms with E-state index in [1.165, 1.54) is 11.1 Å². The molecule has 1 atom stereocenters.